The number of nitrogens with two attached hydrogens (primary N) is 2. The molecule has 13 nitrogen and oxygen atoms in total. The Morgan fingerprint density at radius 1 is 0.712 bits per heavy atom. The fourth-order valence-electron chi connectivity index (χ4n) is 6.21. The SMILES string of the molecule is C.CCCC[C@H](C)C(=O)O.CCCC[C@H](C)C(=O)OC.CCCC[C@H](C)CN.CCCC[C@H](C)CN1C(=O)c2ccccc2C1=O.CCCC[C@H](C)CO.C[C@H](CN)CCCNC(=O)OC(C)(C)C.[2H]CF.[B].[H-].[Li+]. The summed E-state index contributed by atoms with van der Waals surface area (Å²) < 4.78 is 25.2. The largest absolute Gasteiger partial charge is 1.00 e. The number of ether oxygens (including phenoxy) is 2. The average Bonchev–Trinajstić information content (AvgIpc) is 3.58. The first-order valence-electron chi connectivity index (χ1n) is 27.2. The van der Waals surface area contributed by atoms with E-state index in [1.54, 1.807) is 31.2 Å². The van der Waals surface area contributed by atoms with Crippen LogP contribution >= 0.6 is 0 Å². The summed E-state index contributed by atoms with van der Waals surface area (Å²) >= 11 is 0. The zero-order valence-electron chi connectivity index (χ0n) is 50.8. The zero-order chi connectivity index (χ0) is 55.8. The van der Waals surface area contributed by atoms with Gasteiger partial charge < -0.3 is 37.9 Å². The van der Waals surface area contributed by atoms with Crippen LogP contribution in [0.1, 0.15) is 237 Å². The summed E-state index contributed by atoms with van der Waals surface area (Å²) in [5.74, 6) is 0.993. The number of unbranched alkanes of at least 4 members (excludes halogenated alkanes) is 5. The Balaban J connectivity index is -0.000000100. The Hall–Kier alpha value is -2.96. The third kappa shape index (κ3) is 53.7. The summed E-state index contributed by atoms with van der Waals surface area (Å²) in [6.45, 7) is 31.5. The molecule has 0 spiro atoms. The number of aliphatic hydroxyl groups excluding tert-OH is 1. The van der Waals surface area contributed by atoms with Crippen LogP contribution in [0.2, 0.25) is 0 Å². The molecule has 0 saturated heterocycles. The van der Waals surface area contributed by atoms with Crippen molar-refractivity contribution in [1.29, 1.82) is 0 Å². The molecule has 16 heteroatoms. The van der Waals surface area contributed by atoms with Gasteiger partial charge in [-0.2, -0.15) is 0 Å². The molecule has 3 amide bonds. The second-order valence-corrected chi connectivity index (χ2v) is 19.8. The number of esters is 1. The molecule has 3 radical (unpaired) electrons. The number of carbonyl (C=O) groups is 5. The number of amides is 3. The fraction of sp³-hybridized carbons (Fsp3) is 0.807. The van der Waals surface area contributed by atoms with Gasteiger partial charge in [0.15, 0.2) is 0 Å². The van der Waals surface area contributed by atoms with Gasteiger partial charge >= 0.3 is 36.9 Å². The van der Waals surface area contributed by atoms with Crippen LogP contribution in [-0.2, 0) is 19.1 Å². The maximum atomic E-state index is 12.1. The molecule has 2 rings (SSSR count). The smallest absolute Gasteiger partial charge is 1.00 e. The molecular formula is C57H114BFLiN4O9. The van der Waals surface area contributed by atoms with E-state index in [1.165, 1.54) is 50.5 Å². The Morgan fingerprint density at radius 3 is 1.41 bits per heavy atom. The van der Waals surface area contributed by atoms with E-state index in [2.05, 4.69) is 72.4 Å². The Kier molecular flexibility index (Phi) is 67.1. The monoisotopic (exact) mass is 1040 g/mol. The van der Waals surface area contributed by atoms with Gasteiger partial charge in [0.05, 0.1) is 38.6 Å². The van der Waals surface area contributed by atoms with Crippen molar-refractivity contribution in [3.05, 3.63) is 35.4 Å². The van der Waals surface area contributed by atoms with Gasteiger partial charge in [0.25, 0.3) is 11.8 Å². The summed E-state index contributed by atoms with van der Waals surface area (Å²) in [5.41, 5.74) is 11.6. The number of carboxylic acids is 1. The first kappa shape index (κ1) is 84.0. The molecule has 0 aromatic heterocycles. The van der Waals surface area contributed by atoms with Crippen molar-refractivity contribution in [1.82, 2.24) is 10.2 Å². The van der Waals surface area contributed by atoms with E-state index >= 15 is 0 Å². The number of imide groups is 1. The number of hydrogen-bond acceptors (Lipinski definition) is 10. The molecule has 1 aliphatic heterocycles. The van der Waals surface area contributed by atoms with Crippen LogP contribution in [0.15, 0.2) is 24.3 Å². The van der Waals surface area contributed by atoms with Gasteiger partial charge in [-0.15, -0.1) is 0 Å². The first-order valence-corrected chi connectivity index (χ1v) is 26.5. The number of benzene rings is 1. The molecule has 427 valence electrons. The van der Waals surface area contributed by atoms with Gasteiger partial charge in [0.2, 0.25) is 0 Å². The number of fused-ring (bicyclic) bond motifs is 1. The summed E-state index contributed by atoms with van der Waals surface area (Å²) in [5, 5.41) is 19.7. The number of alkyl halides is 1. The second-order valence-electron chi connectivity index (χ2n) is 19.8. The Labute approximate surface area is 464 Å². The van der Waals surface area contributed by atoms with Gasteiger partial charge in [-0.25, -0.2) is 4.79 Å². The van der Waals surface area contributed by atoms with Gasteiger partial charge in [0, 0.05) is 28.1 Å². The third-order valence-electron chi connectivity index (χ3n) is 11.2. The molecule has 7 N–H and O–H groups in total. The van der Waals surface area contributed by atoms with E-state index in [-0.39, 0.29) is 71.8 Å². The summed E-state index contributed by atoms with van der Waals surface area (Å²) in [4.78, 5) is 57.9. The summed E-state index contributed by atoms with van der Waals surface area (Å²) in [6.07, 6.45) is 18.7. The quantitative estimate of drug-likeness (QED) is 0.0255. The fourth-order valence-corrected chi connectivity index (χ4v) is 6.21. The van der Waals surface area contributed by atoms with Crippen LogP contribution in [0.4, 0.5) is 9.18 Å². The number of halogens is 1. The van der Waals surface area contributed by atoms with Gasteiger partial charge in [0.1, 0.15) is 5.60 Å². The van der Waals surface area contributed by atoms with Crippen LogP contribution in [0.25, 0.3) is 0 Å². The van der Waals surface area contributed by atoms with E-state index in [9.17, 15) is 28.4 Å². The van der Waals surface area contributed by atoms with Crippen molar-refractivity contribution in [3.8, 4) is 0 Å². The minimum Gasteiger partial charge on any atom is -1.00 e. The zero-order valence-corrected chi connectivity index (χ0v) is 48.8. The van der Waals surface area contributed by atoms with Crippen LogP contribution in [0, 0.1) is 35.5 Å². The predicted octanol–water partition coefficient (Wildman–Crippen LogP) is 10.4. The number of rotatable bonds is 26. The predicted molar refractivity (Wildman–Crippen MR) is 303 cm³/mol. The number of carbonyl (C=O) groups excluding carboxylic acids is 4. The van der Waals surface area contributed by atoms with Crippen molar-refractivity contribution in [3.63, 3.8) is 0 Å². The molecule has 0 unspecified atom stereocenters. The van der Waals surface area contributed by atoms with Crippen molar-refractivity contribution >= 4 is 38.3 Å². The molecule has 1 aromatic rings. The molecule has 0 saturated carbocycles. The number of carboxylic acid groups (broad SMARTS) is 1. The molecule has 73 heavy (non-hydrogen) atoms. The standard InChI is InChI=1S/C15H19NO2.C11H24N2O2.C8H16O2.C7H17N.C7H14O2.C7H16O.CH3F.CH4.B.Li.H/c1-3-4-7-11(2)10-16-14(17)12-8-5-6-9-13(12)15(16)18;1-9(8-12)6-5-7-13-10(14)15-11(2,3)4;1-4-5-6-7(2)8(9)10-3;1-3-4-5-7(2)6-8;1-3-4-5-6(2)7(8)9;1-3-4-5-7(2)6-8;1-2;;;;/h5-6,8-9,11H,3-4,7,10H2,1-2H3;9H,5-8,12H2,1-4H3,(H,13,14);7H,4-6H2,1-3H3;7H,3-6,8H2,1-2H3;6H,3-5H2,1-2H3,(H,8,9);7-8H,3-6H2,1-2H3;1H3;1H4;;;/q;;;;;;;;;+1;-1/t11-;9-;2*7-;6-;7-;;;;;/m000000...../s1/i;;;;;;1D;;;;. The summed E-state index contributed by atoms with van der Waals surface area (Å²) in [7, 11) is 0.435. The van der Waals surface area contributed by atoms with Crippen LogP contribution in [0.3, 0.4) is 0 Å². The molecule has 0 bridgehead atoms. The molecule has 6 atom stereocenters. The van der Waals surface area contributed by atoms with Crippen molar-refractivity contribution in [2.75, 3.05) is 47.0 Å². The minimum atomic E-state index is -1.00. The second kappa shape index (κ2) is 58.3. The number of aliphatic hydroxyl groups is 1. The van der Waals surface area contributed by atoms with E-state index in [0.717, 1.165) is 83.1 Å². The molecule has 0 fully saturated rings. The number of methoxy groups -OCH3 is 1. The molecule has 1 aliphatic rings. The van der Waals surface area contributed by atoms with Crippen molar-refractivity contribution in [2.45, 2.75) is 219 Å². The van der Waals surface area contributed by atoms with Crippen molar-refractivity contribution in [2.24, 2.45) is 47.0 Å². The number of hydrogen-bond donors (Lipinski definition) is 5. The van der Waals surface area contributed by atoms with Gasteiger partial charge in [-0.05, 0) is 115 Å². The van der Waals surface area contributed by atoms with Gasteiger partial charge in [-0.3, -0.25) is 28.5 Å². The maximum absolute atomic E-state index is 12.1. The molecule has 1 aromatic carbocycles. The van der Waals surface area contributed by atoms with E-state index in [4.69, 9.17) is 27.8 Å². The van der Waals surface area contributed by atoms with Crippen LogP contribution in [0.5, 0.6) is 0 Å². The normalized spacial score (nSPS) is 13.4. The Bertz CT molecular complexity index is 1410. The van der Waals surface area contributed by atoms with E-state index < -0.39 is 18.7 Å². The number of alkyl carbamates (subject to hydrolysis) is 1. The van der Waals surface area contributed by atoms with E-state index in [1.807, 2.05) is 27.7 Å². The number of aliphatic carboxylic acids is 1. The Morgan fingerprint density at radius 2 is 1.07 bits per heavy atom. The maximum Gasteiger partial charge on any atom is 1.00 e. The summed E-state index contributed by atoms with van der Waals surface area (Å²) in [6, 6.07) is 7.06. The molecule has 1 heterocycles. The molecular weight excluding hydrogens is 921 g/mol. The van der Waals surface area contributed by atoms with Crippen molar-refractivity contribution < 1.29 is 69.7 Å². The number of nitrogens with one attached hydrogen (secondary N) is 1. The minimum absolute atomic E-state index is 0. The number of nitrogens with zero attached hydrogens (tertiary/aromatic N) is 1. The first-order chi connectivity index (χ1) is 33.4. The third-order valence-corrected chi connectivity index (χ3v) is 11.2. The van der Waals surface area contributed by atoms with Crippen LogP contribution < -0.4 is 35.6 Å². The van der Waals surface area contributed by atoms with E-state index in [0.29, 0.717) is 55.1 Å². The molecule has 0 aliphatic carbocycles. The van der Waals surface area contributed by atoms with Crippen LogP contribution in [-0.4, -0.2) is 106 Å². The van der Waals surface area contributed by atoms with Gasteiger partial charge in [-0.1, -0.05) is 160 Å². The topological polar surface area (TPSA) is 212 Å². The average molecular weight is 1040 g/mol.